The van der Waals surface area contributed by atoms with E-state index >= 15 is 0 Å². The molecular weight excluding hydrogens is 190 g/mol. The Labute approximate surface area is 80.3 Å². The standard InChI is InChI=1S/C7H9N3S2/c1-5(9-10-7(8)11)6-2-3-12-4-6/h2-4H,1H3,(H3,8,10,11)/b9-5-. The molecule has 0 radical (unpaired) electrons. The van der Waals surface area contributed by atoms with Crippen molar-refractivity contribution < 1.29 is 0 Å². The number of thiocarbonyl (C=S) groups is 1. The molecular formula is C7H9N3S2. The Hall–Kier alpha value is -0.940. The summed E-state index contributed by atoms with van der Waals surface area (Å²) in [5.41, 5.74) is 9.71. The molecule has 0 amide bonds. The van der Waals surface area contributed by atoms with Gasteiger partial charge < -0.3 is 5.73 Å². The molecule has 0 aliphatic carbocycles. The van der Waals surface area contributed by atoms with Crippen LogP contribution < -0.4 is 11.2 Å². The molecule has 0 spiro atoms. The van der Waals surface area contributed by atoms with E-state index in [0.717, 1.165) is 11.3 Å². The van der Waals surface area contributed by atoms with E-state index in [0.29, 0.717) is 0 Å². The van der Waals surface area contributed by atoms with Crippen molar-refractivity contribution in [2.75, 3.05) is 0 Å². The number of rotatable bonds is 2. The minimum absolute atomic E-state index is 0.185. The number of thiophene rings is 1. The predicted octanol–water partition coefficient (Wildman–Crippen LogP) is 1.31. The van der Waals surface area contributed by atoms with Gasteiger partial charge >= 0.3 is 0 Å². The lowest BCUT2D eigenvalue weighted by molar-refractivity contribution is 1.03. The summed E-state index contributed by atoms with van der Waals surface area (Å²) in [4.78, 5) is 0. The molecule has 0 saturated heterocycles. The van der Waals surface area contributed by atoms with Crippen LogP contribution >= 0.6 is 23.6 Å². The molecule has 1 heterocycles. The van der Waals surface area contributed by atoms with Crippen LogP contribution in [0.3, 0.4) is 0 Å². The Morgan fingerprint density at radius 2 is 2.50 bits per heavy atom. The second-order valence-corrected chi connectivity index (χ2v) is 3.41. The van der Waals surface area contributed by atoms with E-state index < -0.39 is 0 Å². The zero-order valence-corrected chi connectivity index (χ0v) is 8.21. The monoisotopic (exact) mass is 199 g/mol. The quantitative estimate of drug-likeness (QED) is 0.429. The van der Waals surface area contributed by atoms with E-state index in [1.54, 1.807) is 11.3 Å². The lowest BCUT2D eigenvalue weighted by Gasteiger charge is -1.97. The summed E-state index contributed by atoms with van der Waals surface area (Å²) >= 11 is 6.23. The third kappa shape index (κ3) is 2.60. The summed E-state index contributed by atoms with van der Waals surface area (Å²) < 4.78 is 0. The van der Waals surface area contributed by atoms with Gasteiger partial charge in [0.1, 0.15) is 0 Å². The first kappa shape index (κ1) is 9.15. The first-order valence-electron chi connectivity index (χ1n) is 3.32. The van der Waals surface area contributed by atoms with Crippen LogP contribution in [-0.2, 0) is 0 Å². The minimum atomic E-state index is 0.185. The van der Waals surface area contributed by atoms with Gasteiger partial charge in [0.05, 0.1) is 5.71 Å². The van der Waals surface area contributed by atoms with Crippen LogP contribution in [0.4, 0.5) is 0 Å². The maximum absolute atomic E-state index is 5.21. The van der Waals surface area contributed by atoms with E-state index in [4.69, 9.17) is 5.73 Å². The van der Waals surface area contributed by atoms with Crippen LogP contribution in [-0.4, -0.2) is 10.8 Å². The maximum Gasteiger partial charge on any atom is 0.184 e. The van der Waals surface area contributed by atoms with Crippen LogP contribution in [0.25, 0.3) is 0 Å². The van der Waals surface area contributed by atoms with E-state index in [1.807, 2.05) is 23.8 Å². The fourth-order valence-corrected chi connectivity index (χ4v) is 1.42. The molecule has 5 heteroatoms. The maximum atomic E-state index is 5.21. The molecule has 0 unspecified atom stereocenters. The van der Waals surface area contributed by atoms with Gasteiger partial charge in [-0.25, -0.2) is 0 Å². The highest BCUT2D eigenvalue weighted by Gasteiger charge is 1.95. The summed E-state index contributed by atoms with van der Waals surface area (Å²) in [7, 11) is 0. The normalized spacial score (nSPS) is 11.2. The summed E-state index contributed by atoms with van der Waals surface area (Å²) in [6.07, 6.45) is 0. The number of hydrogen-bond acceptors (Lipinski definition) is 3. The van der Waals surface area contributed by atoms with Gasteiger partial charge in [0.25, 0.3) is 0 Å². The molecule has 0 aliphatic rings. The molecule has 0 fully saturated rings. The summed E-state index contributed by atoms with van der Waals surface area (Å²) in [5.74, 6) is 0. The Balaban J connectivity index is 2.65. The first-order valence-corrected chi connectivity index (χ1v) is 4.67. The van der Waals surface area contributed by atoms with Crippen LogP contribution in [0.1, 0.15) is 12.5 Å². The largest absolute Gasteiger partial charge is 0.375 e. The molecule has 0 saturated carbocycles. The topological polar surface area (TPSA) is 50.4 Å². The number of hydrazone groups is 1. The molecule has 0 aliphatic heterocycles. The van der Waals surface area contributed by atoms with E-state index in [1.165, 1.54) is 0 Å². The van der Waals surface area contributed by atoms with Gasteiger partial charge in [-0.15, -0.1) is 0 Å². The third-order valence-corrected chi connectivity index (χ3v) is 2.05. The number of hydrogen-bond donors (Lipinski definition) is 2. The lowest BCUT2D eigenvalue weighted by atomic mass is 10.2. The minimum Gasteiger partial charge on any atom is -0.375 e. The average Bonchev–Trinajstić information content (AvgIpc) is 2.51. The van der Waals surface area contributed by atoms with Crippen molar-refractivity contribution in [2.45, 2.75) is 6.92 Å². The van der Waals surface area contributed by atoms with Crippen molar-refractivity contribution in [3.05, 3.63) is 22.4 Å². The van der Waals surface area contributed by atoms with Gasteiger partial charge in [-0.05, 0) is 36.0 Å². The van der Waals surface area contributed by atoms with Crippen molar-refractivity contribution >= 4 is 34.4 Å². The number of nitrogens with two attached hydrogens (primary N) is 1. The summed E-state index contributed by atoms with van der Waals surface area (Å²) in [5, 5.41) is 8.17. The molecule has 0 atom stereocenters. The molecule has 12 heavy (non-hydrogen) atoms. The smallest absolute Gasteiger partial charge is 0.184 e. The average molecular weight is 199 g/mol. The van der Waals surface area contributed by atoms with Gasteiger partial charge in [0.2, 0.25) is 0 Å². The SMILES string of the molecule is C/C(=N/NC(N)=S)c1ccsc1. The van der Waals surface area contributed by atoms with Gasteiger partial charge in [0.15, 0.2) is 5.11 Å². The first-order chi connectivity index (χ1) is 5.70. The fraction of sp³-hybridized carbons (Fsp3) is 0.143. The highest BCUT2D eigenvalue weighted by atomic mass is 32.1. The molecule has 1 rings (SSSR count). The van der Waals surface area contributed by atoms with Gasteiger partial charge in [0, 0.05) is 5.56 Å². The van der Waals surface area contributed by atoms with Crippen LogP contribution in [0, 0.1) is 0 Å². The Kier molecular flexibility index (Phi) is 3.19. The number of nitrogens with zero attached hydrogens (tertiary/aromatic N) is 1. The lowest BCUT2D eigenvalue weighted by Crippen LogP contribution is -2.25. The predicted molar refractivity (Wildman–Crippen MR) is 56.5 cm³/mol. The van der Waals surface area contributed by atoms with Crippen molar-refractivity contribution in [1.82, 2.24) is 5.43 Å². The molecule has 1 aromatic rings. The Bertz CT molecular complexity index is 290. The van der Waals surface area contributed by atoms with Gasteiger partial charge in [-0.3, -0.25) is 5.43 Å². The van der Waals surface area contributed by atoms with E-state index in [2.05, 4.69) is 22.7 Å². The van der Waals surface area contributed by atoms with Crippen LogP contribution in [0.5, 0.6) is 0 Å². The summed E-state index contributed by atoms with van der Waals surface area (Å²) in [6.45, 7) is 1.90. The molecule has 3 nitrogen and oxygen atoms in total. The Morgan fingerprint density at radius 3 is 3.00 bits per heavy atom. The van der Waals surface area contributed by atoms with Crippen molar-refractivity contribution in [3.63, 3.8) is 0 Å². The third-order valence-electron chi connectivity index (χ3n) is 1.27. The van der Waals surface area contributed by atoms with Crippen molar-refractivity contribution in [1.29, 1.82) is 0 Å². The van der Waals surface area contributed by atoms with Crippen molar-refractivity contribution in [3.8, 4) is 0 Å². The van der Waals surface area contributed by atoms with Crippen LogP contribution in [0.15, 0.2) is 21.9 Å². The zero-order chi connectivity index (χ0) is 8.97. The molecule has 64 valence electrons. The Morgan fingerprint density at radius 1 is 1.75 bits per heavy atom. The second kappa shape index (κ2) is 4.18. The van der Waals surface area contributed by atoms with Crippen LogP contribution in [0.2, 0.25) is 0 Å². The zero-order valence-electron chi connectivity index (χ0n) is 6.57. The molecule has 0 bridgehead atoms. The number of nitrogens with one attached hydrogen (secondary N) is 1. The molecule has 3 N–H and O–H groups in total. The van der Waals surface area contributed by atoms with E-state index in [-0.39, 0.29) is 5.11 Å². The van der Waals surface area contributed by atoms with Gasteiger partial charge in [-0.2, -0.15) is 16.4 Å². The molecule has 0 aromatic carbocycles. The fourth-order valence-electron chi connectivity index (χ4n) is 0.674. The summed E-state index contributed by atoms with van der Waals surface area (Å²) in [6, 6.07) is 1.99. The van der Waals surface area contributed by atoms with Gasteiger partial charge in [-0.1, -0.05) is 0 Å². The van der Waals surface area contributed by atoms with E-state index in [9.17, 15) is 0 Å². The second-order valence-electron chi connectivity index (χ2n) is 2.19. The molecule has 1 aromatic heterocycles. The highest BCUT2D eigenvalue weighted by molar-refractivity contribution is 7.80. The highest BCUT2D eigenvalue weighted by Crippen LogP contribution is 2.06. The van der Waals surface area contributed by atoms with Crippen molar-refractivity contribution in [2.24, 2.45) is 10.8 Å².